The fourth-order valence-corrected chi connectivity index (χ4v) is 1.60. The minimum atomic E-state index is -0.387. The SMILES string of the molecule is COC(=O)c1ccc2ccn(OCCO)c2c1.Cl. The van der Waals surface area contributed by atoms with Gasteiger partial charge in [0.15, 0.2) is 0 Å². The highest BCUT2D eigenvalue weighted by atomic mass is 35.5. The van der Waals surface area contributed by atoms with E-state index in [4.69, 9.17) is 9.94 Å². The smallest absolute Gasteiger partial charge is 0.337 e. The molecule has 2 rings (SSSR count). The number of aromatic nitrogens is 1. The molecule has 1 aromatic heterocycles. The lowest BCUT2D eigenvalue weighted by molar-refractivity contribution is 0.0600. The second-order valence-electron chi connectivity index (χ2n) is 3.46. The Bertz CT molecular complexity index is 538. The number of rotatable bonds is 4. The number of benzene rings is 1. The van der Waals surface area contributed by atoms with Crippen LogP contribution in [0.25, 0.3) is 10.9 Å². The molecule has 1 heterocycles. The second kappa shape index (κ2) is 6.28. The monoisotopic (exact) mass is 271 g/mol. The van der Waals surface area contributed by atoms with Gasteiger partial charge in [-0.25, -0.2) is 4.79 Å². The number of ether oxygens (including phenoxy) is 1. The van der Waals surface area contributed by atoms with Crippen molar-refractivity contribution in [3.05, 3.63) is 36.0 Å². The Hall–Kier alpha value is -1.72. The first-order chi connectivity index (χ1) is 8.26. The van der Waals surface area contributed by atoms with Gasteiger partial charge in [-0.2, -0.15) is 4.73 Å². The number of fused-ring (bicyclic) bond motifs is 1. The molecule has 0 fully saturated rings. The fraction of sp³-hybridized carbons (Fsp3) is 0.250. The molecule has 2 aromatic rings. The normalized spacial score (nSPS) is 9.89. The van der Waals surface area contributed by atoms with Crippen molar-refractivity contribution in [2.45, 2.75) is 0 Å². The summed E-state index contributed by atoms with van der Waals surface area (Å²) in [7, 11) is 1.34. The zero-order valence-electron chi connectivity index (χ0n) is 9.83. The largest absolute Gasteiger partial charge is 0.465 e. The lowest BCUT2D eigenvalue weighted by atomic mass is 10.2. The molecule has 98 valence electrons. The highest BCUT2D eigenvalue weighted by Gasteiger charge is 2.08. The van der Waals surface area contributed by atoms with Gasteiger partial charge in [-0.05, 0) is 18.2 Å². The number of hydrogen-bond donors (Lipinski definition) is 1. The third-order valence-electron chi connectivity index (χ3n) is 2.40. The summed E-state index contributed by atoms with van der Waals surface area (Å²) in [5, 5.41) is 9.66. The van der Waals surface area contributed by atoms with Gasteiger partial charge < -0.3 is 14.7 Å². The summed E-state index contributed by atoms with van der Waals surface area (Å²) in [6.45, 7) is 0.141. The molecule has 0 radical (unpaired) electrons. The number of esters is 1. The van der Waals surface area contributed by atoms with Crippen LogP contribution in [0.1, 0.15) is 10.4 Å². The van der Waals surface area contributed by atoms with Crippen molar-refractivity contribution in [1.82, 2.24) is 4.73 Å². The van der Waals surface area contributed by atoms with E-state index in [2.05, 4.69) is 4.74 Å². The van der Waals surface area contributed by atoms with E-state index in [0.717, 1.165) is 10.9 Å². The van der Waals surface area contributed by atoms with E-state index in [-0.39, 0.29) is 31.6 Å². The molecule has 0 amide bonds. The van der Waals surface area contributed by atoms with Crippen LogP contribution in [0.2, 0.25) is 0 Å². The maximum absolute atomic E-state index is 11.4. The number of hydrogen-bond acceptors (Lipinski definition) is 4. The predicted molar refractivity (Wildman–Crippen MR) is 69.1 cm³/mol. The van der Waals surface area contributed by atoms with E-state index in [1.54, 1.807) is 18.3 Å². The van der Waals surface area contributed by atoms with Crippen molar-refractivity contribution in [2.24, 2.45) is 0 Å². The van der Waals surface area contributed by atoms with E-state index in [1.807, 2.05) is 12.1 Å². The summed E-state index contributed by atoms with van der Waals surface area (Å²) in [4.78, 5) is 16.7. The molecule has 0 saturated carbocycles. The molecule has 1 aromatic carbocycles. The molecule has 0 unspecified atom stereocenters. The molecular formula is C12H14ClNO4. The number of aliphatic hydroxyl groups excluding tert-OH is 1. The van der Waals surface area contributed by atoms with E-state index < -0.39 is 0 Å². The number of halogens is 1. The molecule has 1 N–H and O–H groups in total. The van der Waals surface area contributed by atoms with Crippen LogP contribution >= 0.6 is 12.4 Å². The van der Waals surface area contributed by atoms with Gasteiger partial charge in [0.2, 0.25) is 0 Å². The molecule has 0 aliphatic heterocycles. The molecule has 0 aliphatic carbocycles. The summed E-state index contributed by atoms with van der Waals surface area (Å²) in [5.41, 5.74) is 1.23. The summed E-state index contributed by atoms with van der Waals surface area (Å²) >= 11 is 0. The predicted octanol–water partition coefficient (Wildman–Crippen LogP) is 1.27. The van der Waals surface area contributed by atoms with Crippen molar-refractivity contribution in [3.63, 3.8) is 0 Å². The zero-order chi connectivity index (χ0) is 12.3. The van der Waals surface area contributed by atoms with Crippen LogP contribution in [-0.4, -0.2) is 36.1 Å². The number of carbonyl (C=O) groups is 1. The Morgan fingerprint density at radius 3 is 2.83 bits per heavy atom. The zero-order valence-corrected chi connectivity index (χ0v) is 10.6. The van der Waals surface area contributed by atoms with Gasteiger partial charge in [-0.1, -0.05) is 6.07 Å². The van der Waals surface area contributed by atoms with Gasteiger partial charge in [0.25, 0.3) is 0 Å². The fourth-order valence-electron chi connectivity index (χ4n) is 1.60. The van der Waals surface area contributed by atoms with Crippen LogP contribution in [0.15, 0.2) is 30.5 Å². The van der Waals surface area contributed by atoms with Gasteiger partial charge in [0.05, 0.1) is 24.8 Å². The van der Waals surface area contributed by atoms with Gasteiger partial charge in [0.1, 0.15) is 6.61 Å². The van der Waals surface area contributed by atoms with Gasteiger partial charge in [0, 0.05) is 11.6 Å². The number of aliphatic hydroxyl groups is 1. The minimum absolute atomic E-state index is 0. The third-order valence-corrected chi connectivity index (χ3v) is 2.40. The van der Waals surface area contributed by atoms with Gasteiger partial charge in [-0.15, -0.1) is 12.4 Å². The number of methoxy groups -OCH3 is 1. The Kier molecular flexibility index (Phi) is 5.00. The van der Waals surface area contributed by atoms with Crippen molar-refractivity contribution in [2.75, 3.05) is 20.3 Å². The van der Waals surface area contributed by atoms with Crippen LogP contribution in [0, 0.1) is 0 Å². The maximum Gasteiger partial charge on any atom is 0.337 e. The van der Waals surface area contributed by atoms with E-state index in [0.29, 0.717) is 5.56 Å². The van der Waals surface area contributed by atoms with Crippen LogP contribution in [0.3, 0.4) is 0 Å². The van der Waals surface area contributed by atoms with Crippen molar-refractivity contribution >= 4 is 29.3 Å². The molecule has 0 atom stereocenters. The topological polar surface area (TPSA) is 60.7 Å². The average Bonchev–Trinajstić information content (AvgIpc) is 2.77. The molecule has 0 spiro atoms. The Labute approximate surface area is 110 Å². The van der Waals surface area contributed by atoms with Gasteiger partial charge >= 0.3 is 5.97 Å². The summed E-state index contributed by atoms with van der Waals surface area (Å²) in [5.74, 6) is -0.387. The second-order valence-corrected chi connectivity index (χ2v) is 3.46. The van der Waals surface area contributed by atoms with Crippen LogP contribution in [-0.2, 0) is 4.74 Å². The standard InChI is InChI=1S/C12H13NO4.ClH/c1-16-12(15)10-3-2-9-4-5-13(11(9)8-10)17-7-6-14;/h2-5,8,14H,6-7H2,1H3;1H. The van der Waals surface area contributed by atoms with Crippen LogP contribution in [0.4, 0.5) is 0 Å². The van der Waals surface area contributed by atoms with E-state index in [9.17, 15) is 4.79 Å². The Balaban J connectivity index is 0.00000162. The first-order valence-corrected chi connectivity index (χ1v) is 5.20. The molecular weight excluding hydrogens is 258 g/mol. The minimum Gasteiger partial charge on any atom is -0.465 e. The highest BCUT2D eigenvalue weighted by molar-refractivity contribution is 5.94. The highest BCUT2D eigenvalue weighted by Crippen LogP contribution is 2.17. The maximum atomic E-state index is 11.4. The van der Waals surface area contributed by atoms with Crippen LogP contribution in [0.5, 0.6) is 0 Å². The van der Waals surface area contributed by atoms with Crippen molar-refractivity contribution < 1.29 is 19.5 Å². The average molecular weight is 272 g/mol. The third kappa shape index (κ3) is 2.75. The number of carbonyl (C=O) groups excluding carboxylic acids is 1. The van der Waals surface area contributed by atoms with Crippen molar-refractivity contribution in [3.8, 4) is 0 Å². The lowest BCUT2D eigenvalue weighted by Gasteiger charge is -2.07. The van der Waals surface area contributed by atoms with Crippen LogP contribution < -0.4 is 4.84 Å². The van der Waals surface area contributed by atoms with E-state index >= 15 is 0 Å². The molecule has 18 heavy (non-hydrogen) atoms. The lowest BCUT2D eigenvalue weighted by Crippen LogP contribution is -2.14. The number of nitrogens with zero attached hydrogens (tertiary/aromatic N) is 1. The summed E-state index contributed by atoms with van der Waals surface area (Å²) in [6.07, 6.45) is 1.74. The first kappa shape index (κ1) is 14.3. The van der Waals surface area contributed by atoms with Crippen molar-refractivity contribution in [1.29, 1.82) is 0 Å². The Morgan fingerprint density at radius 1 is 1.39 bits per heavy atom. The molecule has 0 aliphatic rings. The summed E-state index contributed by atoms with van der Waals surface area (Å²) < 4.78 is 6.18. The molecule has 0 bridgehead atoms. The molecule has 6 heteroatoms. The van der Waals surface area contributed by atoms with Gasteiger partial charge in [-0.3, -0.25) is 0 Å². The van der Waals surface area contributed by atoms with E-state index in [1.165, 1.54) is 11.8 Å². The summed E-state index contributed by atoms with van der Waals surface area (Å²) in [6, 6.07) is 7.08. The molecule has 5 nitrogen and oxygen atoms in total. The first-order valence-electron chi connectivity index (χ1n) is 5.20. The molecule has 0 saturated heterocycles. The Morgan fingerprint density at radius 2 is 2.17 bits per heavy atom. The quantitative estimate of drug-likeness (QED) is 0.851.